The second-order valence-corrected chi connectivity index (χ2v) is 7.30. The monoisotopic (exact) mass is 431 g/mol. The van der Waals surface area contributed by atoms with Gasteiger partial charge in [-0.15, -0.1) is 11.6 Å². The molecular formula is C21H20ClF2N5O. The third-order valence-corrected chi connectivity index (χ3v) is 5.29. The van der Waals surface area contributed by atoms with E-state index in [2.05, 4.69) is 19.9 Å². The first kappa shape index (κ1) is 20.4. The summed E-state index contributed by atoms with van der Waals surface area (Å²) in [6.45, 7) is 2.79. The van der Waals surface area contributed by atoms with Crippen LogP contribution in [0.5, 0.6) is 5.75 Å². The van der Waals surface area contributed by atoms with Gasteiger partial charge in [0.1, 0.15) is 0 Å². The lowest BCUT2D eigenvalue weighted by Gasteiger charge is -2.36. The molecule has 3 aromatic rings. The molecule has 1 aromatic carbocycles. The van der Waals surface area contributed by atoms with Crippen LogP contribution in [0.1, 0.15) is 30.6 Å². The summed E-state index contributed by atoms with van der Waals surface area (Å²) in [4.78, 5) is 19.4. The predicted octanol–water partition coefficient (Wildman–Crippen LogP) is 4.34. The van der Waals surface area contributed by atoms with E-state index in [0.717, 1.165) is 11.3 Å². The summed E-state index contributed by atoms with van der Waals surface area (Å²) >= 11 is 5.63. The molecular weight excluding hydrogens is 412 g/mol. The number of hydrogen-bond acceptors (Lipinski definition) is 6. The van der Waals surface area contributed by atoms with E-state index in [9.17, 15) is 8.78 Å². The molecule has 0 amide bonds. The van der Waals surface area contributed by atoms with Crippen LogP contribution in [-0.4, -0.2) is 39.0 Å². The zero-order valence-electron chi connectivity index (χ0n) is 16.4. The minimum absolute atomic E-state index is 0.110. The molecule has 6 nitrogen and oxygen atoms in total. The molecule has 9 heteroatoms. The van der Waals surface area contributed by atoms with E-state index in [1.54, 1.807) is 24.7 Å². The highest BCUT2D eigenvalue weighted by atomic mass is 35.5. The summed E-state index contributed by atoms with van der Waals surface area (Å²) in [6.07, 6.45) is 6.22. The van der Waals surface area contributed by atoms with Gasteiger partial charge in [0.15, 0.2) is 23.2 Å². The van der Waals surface area contributed by atoms with E-state index in [0.29, 0.717) is 42.6 Å². The molecule has 0 bridgehead atoms. The van der Waals surface area contributed by atoms with Crippen LogP contribution in [-0.2, 0) is 6.42 Å². The number of benzene rings is 1. The van der Waals surface area contributed by atoms with Crippen LogP contribution in [0, 0.1) is 11.6 Å². The smallest absolute Gasteiger partial charge is 0.200 e. The molecule has 1 unspecified atom stereocenters. The molecule has 0 saturated carbocycles. The maximum absolute atomic E-state index is 14.2. The van der Waals surface area contributed by atoms with Crippen molar-refractivity contribution in [2.45, 2.75) is 25.8 Å². The quantitative estimate of drug-likeness (QED) is 0.427. The van der Waals surface area contributed by atoms with E-state index < -0.39 is 11.6 Å². The van der Waals surface area contributed by atoms with Crippen LogP contribution in [0.2, 0.25) is 0 Å². The van der Waals surface area contributed by atoms with Crippen molar-refractivity contribution < 1.29 is 13.5 Å². The fourth-order valence-corrected chi connectivity index (χ4v) is 3.61. The summed E-state index contributed by atoms with van der Waals surface area (Å²) in [5.74, 6) is -0.721. The maximum Gasteiger partial charge on any atom is 0.200 e. The normalized spacial score (nSPS) is 15.7. The number of hydrogen-bond donors (Lipinski definition) is 0. The minimum Gasteiger partial charge on any atom is -0.490 e. The van der Waals surface area contributed by atoms with Gasteiger partial charge in [-0.25, -0.2) is 24.3 Å². The number of rotatable bonds is 6. The Hall–Kier alpha value is -2.87. The fraction of sp³-hybridized carbons (Fsp3) is 0.333. The van der Waals surface area contributed by atoms with Gasteiger partial charge >= 0.3 is 0 Å². The zero-order chi connectivity index (χ0) is 21.1. The van der Waals surface area contributed by atoms with Crippen LogP contribution in [0.25, 0.3) is 11.6 Å². The molecule has 0 N–H and O–H groups in total. The summed E-state index contributed by atoms with van der Waals surface area (Å²) < 4.78 is 33.7. The second-order valence-electron chi connectivity index (χ2n) is 6.92. The number of nitrogens with zero attached hydrogens (tertiary/aromatic N) is 5. The van der Waals surface area contributed by atoms with Crippen molar-refractivity contribution in [2.75, 3.05) is 23.9 Å². The van der Waals surface area contributed by atoms with Crippen molar-refractivity contribution in [3.05, 3.63) is 59.7 Å². The zero-order valence-corrected chi connectivity index (χ0v) is 17.1. The van der Waals surface area contributed by atoms with E-state index in [-0.39, 0.29) is 18.4 Å². The third kappa shape index (κ3) is 4.05. The van der Waals surface area contributed by atoms with E-state index in [1.807, 2.05) is 11.8 Å². The Morgan fingerprint density at radius 2 is 1.97 bits per heavy atom. The molecule has 2 aromatic heterocycles. The molecule has 1 atom stereocenters. The van der Waals surface area contributed by atoms with Gasteiger partial charge in [0, 0.05) is 60.8 Å². The molecule has 0 radical (unpaired) electrons. The molecule has 0 aliphatic carbocycles. The lowest BCUT2D eigenvalue weighted by molar-refractivity contribution is 0.296. The molecule has 1 aliphatic heterocycles. The van der Waals surface area contributed by atoms with Crippen molar-refractivity contribution in [3.63, 3.8) is 0 Å². The van der Waals surface area contributed by atoms with Gasteiger partial charge in [-0.3, -0.25) is 0 Å². The Labute approximate surface area is 177 Å². The average molecular weight is 432 g/mol. The average Bonchev–Trinajstić information content (AvgIpc) is 2.77. The van der Waals surface area contributed by atoms with Gasteiger partial charge in [0.05, 0.1) is 18.3 Å². The van der Waals surface area contributed by atoms with E-state index in [4.69, 9.17) is 16.3 Å². The van der Waals surface area contributed by atoms with Crippen molar-refractivity contribution in [2.24, 2.45) is 0 Å². The summed E-state index contributed by atoms with van der Waals surface area (Å²) in [5, 5.41) is 0. The number of alkyl halides is 1. The Kier molecular flexibility index (Phi) is 6.03. The first-order valence-electron chi connectivity index (χ1n) is 9.66. The number of halogens is 3. The molecule has 4 rings (SSSR count). The van der Waals surface area contributed by atoms with Crippen LogP contribution < -0.4 is 9.64 Å². The largest absolute Gasteiger partial charge is 0.490 e. The molecule has 3 heterocycles. The van der Waals surface area contributed by atoms with Crippen molar-refractivity contribution >= 4 is 17.3 Å². The van der Waals surface area contributed by atoms with Crippen LogP contribution in [0.4, 0.5) is 14.5 Å². The van der Waals surface area contributed by atoms with Crippen LogP contribution in [0.3, 0.4) is 0 Å². The highest BCUT2D eigenvalue weighted by molar-refractivity contribution is 6.17. The van der Waals surface area contributed by atoms with Gasteiger partial charge < -0.3 is 9.64 Å². The predicted molar refractivity (Wildman–Crippen MR) is 110 cm³/mol. The Morgan fingerprint density at radius 3 is 2.73 bits per heavy atom. The highest BCUT2D eigenvalue weighted by Gasteiger charge is 2.28. The summed E-state index contributed by atoms with van der Waals surface area (Å²) in [7, 11) is 0. The number of ether oxygens (including phenoxy) is 1. The SMILES string of the molecule is CC1c2cnc(-c3ncccn3)nc2CCN1c1cc(F)c(F)c(OCCCCl)c1. The van der Waals surface area contributed by atoms with Crippen molar-refractivity contribution in [1.29, 1.82) is 0 Å². The van der Waals surface area contributed by atoms with Gasteiger partial charge in [-0.05, 0) is 19.4 Å². The number of aromatic nitrogens is 4. The lowest BCUT2D eigenvalue weighted by atomic mass is 9.98. The number of fused-ring (bicyclic) bond motifs is 1. The summed E-state index contributed by atoms with van der Waals surface area (Å²) in [5.41, 5.74) is 2.37. The molecule has 0 spiro atoms. The van der Waals surface area contributed by atoms with Gasteiger partial charge in [0.25, 0.3) is 0 Å². The van der Waals surface area contributed by atoms with Gasteiger partial charge in [-0.1, -0.05) is 0 Å². The highest BCUT2D eigenvalue weighted by Crippen LogP contribution is 2.36. The van der Waals surface area contributed by atoms with Crippen molar-refractivity contribution in [3.8, 4) is 17.4 Å². The lowest BCUT2D eigenvalue weighted by Crippen LogP contribution is -2.35. The molecule has 0 saturated heterocycles. The fourth-order valence-electron chi connectivity index (χ4n) is 3.50. The second kappa shape index (κ2) is 8.87. The molecule has 1 aliphatic rings. The van der Waals surface area contributed by atoms with E-state index in [1.165, 1.54) is 12.1 Å². The molecule has 0 fully saturated rings. The first-order chi connectivity index (χ1) is 14.6. The Balaban J connectivity index is 1.61. The molecule has 30 heavy (non-hydrogen) atoms. The van der Waals surface area contributed by atoms with E-state index >= 15 is 0 Å². The maximum atomic E-state index is 14.2. The van der Waals surface area contributed by atoms with Crippen LogP contribution in [0.15, 0.2) is 36.8 Å². The molecule has 156 valence electrons. The van der Waals surface area contributed by atoms with Crippen LogP contribution >= 0.6 is 11.6 Å². The Morgan fingerprint density at radius 1 is 1.17 bits per heavy atom. The third-order valence-electron chi connectivity index (χ3n) is 5.02. The Bertz CT molecular complexity index is 1040. The number of anilines is 1. The minimum atomic E-state index is -0.991. The van der Waals surface area contributed by atoms with Gasteiger partial charge in [0.2, 0.25) is 5.82 Å². The summed E-state index contributed by atoms with van der Waals surface area (Å²) in [6, 6.07) is 4.33. The first-order valence-corrected chi connectivity index (χ1v) is 10.2. The topological polar surface area (TPSA) is 64.0 Å². The standard InChI is InChI=1S/C21H20ClF2N5O/c1-13-15-12-27-21(20-25-6-3-7-26-20)28-17(15)4-8-29(13)14-10-16(23)19(24)18(11-14)30-9-2-5-22/h3,6-7,10-13H,2,4-5,8-9H2,1H3. The van der Waals surface area contributed by atoms with Crippen molar-refractivity contribution in [1.82, 2.24) is 19.9 Å². The van der Waals surface area contributed by atoms with Gasteiger partial charge in [-0.2, -0.15) is 4.39 Å².